The van der Waals surface area contributed by atoms with Crippen LogP contribution >= 0.6 is 12.2 Å². The molecular weight excluding hydrogens is 1840 g/mol. The normalized spacial score (nSPS) is 37.8. The molecule has 0 unspecified atom stereocenters. The van der Waals surface area contributed by atoms with Crippen LogP contribution in [-0.2, 0) is 95.5 Å². The van der Waals surface area contributed by atoms with Gasteiger partial charge in [0.25, 0.3) is 5.91 Å². The number of esters is 6. The van der Waals surface area contributed by atoms with Gasteiger partial charge in [-0.05, 0) is 69.1 Å². The van der Waals surface area contributed by atoms with Crippen molar-refractivity contribution in [1.29, 1.82) is 0 Å². The zero-order chi connectivity index (χ0) is 78.8. The molecule has 24 atom stereocenters. The van der Waals surface area contributed by atoms with E-state index in [9.17, 15) is 92.7 Å². The van der Waals surface area contributed by atoms with Crippen molar-refractivity contribution in [3.63, 3.8) is 0 Å². The number of ketones is 1. The third-order valence-electron chi connectivity index (χ3n) is 23.6. The maximum atomic E-state index is 11.9. The zero-order valence-corrected chi connectivity index (χ0v) is 74.1. The molecule has 11 N–H and O–H groups in total. The van der Waals surface area contributed by atoms with Gasteiger partial charge < -0.3 is 95.7 Å². The van der Waals surface area contributed by atoms with Crippen LogP contribution in [0, 0.1) is 159 Å². The Morgan fingerprint density at radius 3 is 1.20 bits per heavy atom. The molecule has 14 rings (SSSR count). The van der Waals surface area contributed by atoms with Crippen LogP contribution < -0.4 is 31.9 Å². The number of amides is 7. The SMILES string of the molecule is CC(C)C(=O)[C@@]12NC(=O)[C@H](C)[C@@H]1OC2=O.CC(C)[C@H](C)[C@@]12NC(=O)[C@H](C)[C@@H]1OC2=O.CC(C)[C@H](O)[C@@]12NC(=O)C[C@@H]1NC2=O.CC(C)[C@H](O)[C@@]12NC(=O)[C@H](C)[C@@H]1OC2=O.CC(C)[C@H](O)[C@@]12NC(=S)C[C@@H]1OC2=O.CC(C)[C@H](O)[C@]12C(=O)O[C@H]1CC(=O)N2C.CC(C)[C@H](O)[C@]12C(=O)O[C@H]1[C@@H](C)C(=O)N2C.[Ac].[Ac]. The first kappa shape index (κ1) is 90.2. The van der Waals surface area contributed by atoms with Gasteiger partial charge in [0.15, 0.2) is 28.5 Å². The van der Waals surface area contributed by atoms with Crippen LogP contribution in [0.4, 0.5) is 0 Å². The predicted octanol–water partition coefficient (Wildman–Crippen LogP) is -2.16. The number of carbonyl (C=O) groups excluding carboxylic acids is 14. The molecule has 0 saturated carbocycles. The summed E-state index contributed by atoms with van der Waals surface area (Å²) in [6, 6.07) is -0.236. The molecular formula is C70H104Ac2N8O25S. The first-order valence-corrected chi connectivity index (χ1v) is 36.0. The number of β-lactam (4-membered cyclic amide) rings is 1. The van der Waals surface area contributed by atoms with E-state index in [-0.39, 0.29) is 237 Å². The van der Waals surface area contributed by atoms with Gasteiger partial charge in [-0.15, -0.1) is 0 Å². The Balaban J connectivity index is 0.000000193. The van der Waals surface area contributed by atoms with Crippen LogP contribution in [0.5, 0.6) is 0 Å². The van der Waals surface area contributed by atoms with Crippen LogP contribution in [0.15, 0.2) is 0 Å². The van der Waals surface area contributed by atoms with Gasteiger partial charge >= 0.3 is 35.8 Å². The molecule has 0 aromatic carbocycles. The van der Waals surface area contributed by atoms with Crippen molar-refractivity contribution in [2.75, 3.05) is 14.1 Å². The number of aliphatic hydroxyl groups is 5. The minimum atomic E-state index is -1.38. The summed E-state index contributed by atoms with van der Waals surface area (Å²) >= 11 is 4.99. The number of hydrogen-bond acceptors (Lipinski definition) is 26. The number of carbonyl (C=O) groups is 14. The average molecular weight is 1940 g/mol. The Kier molecular flexibility index (Phi) is 27.4. The van der Waals surface area contributed by atoms with E-state index >= 15 is 0 Å². The summed E-state index contributed by atoms with van der Waals surface area (Å²) in [6.45, 7) is 34.7. The molecule has 0 spiro atoms. The largest absolute Gasteiger partial charge is 0.457 e. The number of ether oxygens (including phenoxy) is 6. The fourth-order valence-electron chi connectivity index (χ4n) is 16.6. The Labute approximate surface area is 692 Å². The van der Waals surface area contributed by atoms with Gasteiger partial charge in [0.05, 0.1) is 71.6 Å². The first-order valence-electron chi connectivity index (χ1n) is 35.6. The summed E-state index contributed by atoms with van der Waals surface area (Å²) in [7, 11) is 3.11. The number of likely N-dealkylation sites (N-methyl/N-ethyl adjacent to an activating group) is 2. The number of nitrogens with one attached hydrogen (secondary N) is 6. The van der Waals surface area contributed by atoms with E-state index in [1.807, 2.05) is 62.3 Å². The van der Waals surface area contributed by atoms with Crippen molar-refractivity contribution in [1.82, 2.24) is 41.7 Å². The molecule has 36 heteroatoms. The van der Waals surface area contributed by atoms with Gasteiger partial charge in [0.1, 0.15) is 30.5 Å². The summed E-state index contributed by atoms with van der Waals surface area (Å²) < 4.78 is 29.8. The van der Waals surface area contributed by atoms with Gasteiger partial charge in [-0.2, -0.15) is 0 Å². The Bertz CT molecular complexity index is 3460. The number of thiocarbonyl (C=S) groups is 1. The van der Waals surface area contributed by atoms with E-state index in [4.69, 9.17) is 40.6 Å². The first-order chi connectivity index (χ1) is 48.0. The number of hydrogen-bond donors (Lipinski definition) is 11. The van der Waals surface area contributed by atoms with Crippen LogP contribution in [0.1, 0.15) is 151 Å². The Morgan fingerprint density at radius 2 is 0.830 bits per heavy atom. The summed E-state index contributed by atoms with van der Waals surface area (Å²) in [5.41, 5.74) is -7.59. The molecule has 14 aliphatic heterocycles. The number of aliphatic hydroxyl groups excluding tert-OH is 5. The third kappa shape index (κ3) is 13.5. The average Bonchev–Trinajstić information content (AvgIpc) is 1.64. The molecule has 14 saturated heterocycles. The zero-order valence-electron chi connectivity index (χ0n) is 63.8. The minimum absolute atomic E-state index is 0. The summed E-state index contributed by atoms with van der Waals surface area (Å²) in [5, 5.41) is 66.2. The number of fused-ring (bicyclic) bond motifs is 7. The summed E-state index contributed by atoms with van der Waals surface area (Å²) in [6.07, 6.45) is -5.85. The van der Waals surface area contributed by atoms with Gasteiger partial charge in [-0.3, -0.25) is 38.4 Å². The fourth-order valence-corrected chi connectivity index (χ4v) is 16.9. The maximum absolute atomic E-state index is 11.9. The summed E-state index contributed by atoms with van der Waals surface area (Å²) in [5.74, 6) is -5.97. The monoisotopic (exact) mass is 1940 g/mol. The molecule has 14 fully saturated rings. The Morgan fingerprint density at radius 1 is 0.425 bits per heavy atom. The molecule has 0 bridgehead atoms. The second-order valence-electron chi connectivity index (χ2n) is 32.2. The molecule has 0 aliphatic carbocycles. The van der Waals surface area contributed by atoms with Crippen molar-refractivity contribution in [2.45, 2.75) is 263 Å². The molecule has 2 radical (unpaired) electrons. The second-order valence-corrected chi connectivity index (χ2v) is 32.7. The maximum Gasteiger partial charge on any atom is 0.344 e. The predicted molar refractivity (Wildman–Crippen MR) is 363 cm³/mol. The number of Topliss-reactive ketones (excluding diaryl/α,β-unsaturated/α-hetero) is 1. The van der Waals surface area contributed by atoms with Gasteiger partial charge in [0.2, 0.25) is 57.6 Å². The molecule has 0 aromatic heterocycles. The molecule has 586 valence electrons. The molecule has 14 heterocycles. The van der Waals surface area contributed by atoms with Crippen LogP contribution in [0.2, 0.25) is 0 Å². The van der Waals surface area contributed by atoms with E-state index in [0.29, 0.717) is 17.3 Å². The van der Waals surface area contributed by atoms with Crippen molar-refractivity contribution in [3.05, 3.63) is 0 Å². The fraction of sp³-hybridized carbons (Fsp3) is 0.786. The molecule has 106 heavy (non-hydrogen) atoms. The van der Waals surface area contributed by atoms with Crippen LogP contribution in [-0.4, -0.2) is 249 Å². The van der Waals surface area contributed by atoms with Crippen molar-refractivity contribution < 1.29 is 209 Å². The Hall–Kier alpha value is -4.65. The molecule has 14 aliphatic rings. The minimum Gasteiger partial charge on any atom is -0.457 e. The number of nitrogens with zero attached hydrogens (tertiary/aromatic N) is 2. The van der Waals surface area contributed by atoms with Crippen LogP contribution in [0.25, 0.3) is 0 Å². The number of likely N-dealkylation sites (tertiary alicyclic amines) is 2. The quantitative estimate of drug-likeness (QED) is 0.0290. The van der Waals surface area contributed by atoms with Crippen molar-refractivity contribution in [2.24, 2.45) is 71.0 Å². The van der Waals surface area contributed by atoms with Gasteiger partial charge in [-0.1, -0.05) is 116 Å². The molecule has 0 aromatic rings. The van der Waals surface area contributed by atoms with E-state index in [0.717, 1.165) is 0 Å². The number of rotatable bonds is 14. The van der Waals surface area contributed by atoms with Crippen LogP contribution in [0.3, 0.4) is 0 Å². The summed E-state index contributed by atoms with van der Waals surface area (Å²) in [4.78, 5) is 165. The van der Waals surface area contributed by atoms with Gasteiger partial charge in [-0.25, -0.2) is 28.8 Å². The topological polar surface area (TPSA) is 474 Å². The van der Waals surface area contributed by atoms with Crippen molar-refractivity contribution in [3.8, 4) is 0 Å². The standard InChI is InChI=1S/C11H17NO4.C11H17NO3.2C10H15NO4.C10H13NO4.C9H14N2O3.C9H13NO3S.2Ac/c1-5(2)7(13)11-8(16-10(11)15)6(3)9(14)12(11)4;1-5(2)7(4)11-8(15-10(11)14)6(3)9(13)12-11;1-5(2)8(13)10-6(15-9(10)14)4-7(12)11(10)3;2*1-4(2)6(12)10-7(15-9(10)14)5(3)8(13)11-10;1-4(2)7(13)9-5(10-8(9)14)3-6(12)11-9;1-4(2)7(11)9-5(13-8(9)12)3-6(14)10-9;;/h5-8,13H,1-4H3;5-8H,1-4H3,(H,12,13);5-6,8,13H,4H2,1-3H3;4-7,12H,1-3H3,(H,11,13);4-5,7H,1-3H3,(H,11,13);4-5,7,13H,3H2,1-2H3,(H,10,14)(H,11,12);4-5,7,11H,3H2,1-2H3,(H,10,14);;/t2*6-,7+,8+,11-;6-,8-,10-;5-,6+,7+,10-;5-,7+,10-;2*5-,7-,9-;;/m1101100../s1. The second kappa shape index (κ2) is 32.2. The van der Waals surface area contributed by atoms with Gasteiger partial charge in [0, 0.05) is 121 Å². The smallest absolute Gasteiger partial charge is 0.344 e. The van der Waals surface area contributed by atoms with E-state index in [2.05, 4.69) is 45.7 Å². The van der Waals surface area contributed by atoms with E-state index in [1.54, 1.807) is 69.5 Å². The molecule has 7 amide bonds. The van der Waals surface area contributed by atoms with Crippen molar-refractivity contribution >= 4 is 100 Å². The van der Waals surface area contributed by atoms with E-state index < -0.39 is 124 Å². The van der Waals surface area contributed by atoms with E-state index in [1.165, 1.54) is 9.80 Å². The third-order valence-corrected chi connectivity index (χ3v) is 23.8. The molecule has 33 nitrogen and oxygen atoms in total.